The van der Waals surface area contributed by atoms with E-state index in [1.807, 2.05) is 0 Å². The lowest BCUT2D eigenvalue weighted by molar-refractivity contribution is 0.249. The molecule has 0 saturated carbocycles. The van der Waals surface area contributed by atoms with E-state index in [-0.39, 0.29) is 6.03 Å². The van der Waals surface area contributed by atoms with E-state index in [1.54, 1.807) is 0 Å². The Morgan fingerprint density at radius 2 is 1.91 bits per heavy atom. The number of carbonyl (C=O) groups is 1. The number of rotatable bonds is 0. The van der Waals surface area contributed by atoms with E-state index >= 15 is 0 Å². The predicted octanol–water partition coefficient (Wildman–Crippen LogP) is 1.48. The van der Waals surface area contributed by atoms with Gasteiger partial charge in [0.1, 0.15) is 0 Å². The van der Waals surface area contributed by atoms with Crippen LogP contribution in [0.1, 0.15) is 20.8 Å². The molecule has 11 heavy (non-hydrogen) atoms. The second-order valence-corrected chi connectivity index (χ2v) is 3.14. The molecule has 1 fully saturated rings. The molecular weight excluding hydrogens is 140 g/mol. The summed E-state index contributed by atoms with van der Waals surface area (Å²) in [6.07, 6.45) is 0. The Kier molecular flexibility index (Phi) is 4.34. The van der Waals surface area contributed by atoms with Gasteiger partial charge in [0.15, 0.2) is 0 Å². The molecule has 0 radical (unpaired) electrons. The summed E-state index contributed by atoms with van der Waals surface area (Å²) in [7, 11) is 0. The Labute approximate surface area is 67.9 Å². The lowest BCUT2D eigenvalue weighted by Crippen LogP contribution is -2.19. The molecule has 3 nitrogen and oxygen atoms in total. The van der Waals surface area contributed by atoms with E-state index in [9.17, 15) is 4.79 Å². The van der Waals surface area contributed by atoms with Gasteiger partial charge in [0.05, 0.1) is 6.54 Å². The van der Waals surface area contributed by atoms with Crippen LogP contribution in [0.5, 0.6) is 0 Å². The minimum atomic E-state index is -0.148. The van der Waals surface area contributed by atoms with E-state index in [0.717, 1.165) is 11.6 Å². The lowest BCUT2D eigenvalue weighted by Gasteiger charge is -1.83. The zero-order chi connectivity index (χ0) is 8.85. The van der Waals surface area contributed by atoms with E-state index in [4.69, 9.17) is 0 Å². The molecule has 0 unspecified atom stereocenters. The molecule has 1 heterocycles. The monoisotopic (exact) mass is 156 g/mol. The SMILES string of the molecule is C=C1CNC(=O)N1.CC(C)C. The molecule has 1 saturated heterocycles. The van der Waals surface area contributed by atoms with Gasteiger partial charge in [-0.05, 0) is 5.92 Å². The van der Waals surface area contributed by atoms with Crippen molar-refractivity contribution in [2.24, 2.45) is 5.92 Å². The van der Waals surface area contributed by atoms with Gasteiger partial charge in [-0.2, -0.15) is 0 Å². The molecule has 64 valence electrons. The van der Waals surface area contributed by atoms with E-state index < -0.39 is 0 Å². The highest BCUT2D eigenvalue weighted by atomic mass is 16.2. The van der Waals surface area contributed by atoms with Crippen molar-refractivity contribution in [3.05, 3.63) is 12.3 Å². The molecule has 0 aromatic carbocycles. The van der Waals surface area contributed by atoms with Gasteiger partial charge < -0.3 is 10.6 Å². The smallest absolute Gasteiger partial charge is 0.319 e. The molecule has 1 aliphatic heterocycles. The molecule has 1 rings (SSSR count). The summed E-state index contributed by atoms with van der Waals surface area (Å²) in [4.78, 5) is 10.2. The lowest BCUT2D eigenvalue weighted by atomic mass is 10.3. The van der Waals surface area contributed by atoms with Crippen molar-refractivity contribution in [1.29, 1.82) is 0 Å². The van der Waals surface area contributed by atoms with Gasteiger partial charge in [-0.25, -0.2) is 4.79 Å². The second-order valence-electron chi connectivity index (χ2n) is 3.14. The first-order valence-electron chi connectivity index (χ1n) is 3.75. The highest BCUT2D eigenvalue weighted by molar-refractivity contribution is 5.78. The van der Waals surface area contributed by atoms with Crippen molar-refractivity contribution in [3.63, 3.8) is 0 Å². The number of hydrogen-bond donors (Lipinski definition) is 2. The second kappa shape index (κ2) is 4.77. The molecule has 0 spiro atoms. The Balaban J connectivity index is 0.000000218. The third kappa shape index (κ3) is 6.90. The van der Waals surface area contributed by atoms with Crippen molar-refractivity contribution in [2.45, 2.75) is 20.8 Å². The maximum atomic E-state index is 10.2. The van der Waals surface area contributed by atoms with Crippen molar-refractivity contribution in [1.82, 2.24) is 10.6 Å². The number of urea groups is 1. The Morgan fingerprint density at radius 1 is 1.45 bits per heavy atom. The maximum absolute atomic E-state index is 10.2. The third-order valence-electron chi connectivity index (χ3n) is 0.753. The molecule has 0 aliphatic carbocycles. The Morgan fingerprint density at radius 3 is 2.00 bits per heavy atom. The van der Waals surface area contributed by atoms with Crippen LogP contribution in [0.25, 0.3) is 0 Å². The first-order chi connectivity index (χ1) is 5.02. The van der Waals surface area contributed by atoms with Crippen LogP contribution in [0, 0.1) is 5.92 Å². The molecular formula is C8H16N2O. The summed E-state index contributed by atoms with van der Waals surface area (Å²) < 4.78 is 0. The molecule has 1 aliphatic rings. The summed E-state index contributed by atoms with van der Waals surface area (Å²) in [5.74, 6) is 0.833. The van der Waals surface area contributed by atoms with E-state index in [2.05, 4.69) is 38.0 Å². The highest BCUT2D eigenvalue weighted by Crippen LogP contribution is 1.86. The van der Waals surface area contributed by atoms with Crippen LogP contribution in [0.3, 0.4) is 0 Å². The molecule has 2 N–H and O–H groups in total. The summed E-state index contributed by atoms with van der Waals surface area (Å²) in [6.45, 7) is 10.6. The van der Waals surface area contributed by atoms with Gasteiger partial charge in [-0.3, -0.25) is 0 Å². The van der Waals surface area contributed by atoms with Gasteiger partial charge in [-0.1, -0.05) is 27.4 Å². The largest absolute Gasteiger partial charge is 0.332 e. The van der Waals surface area contributed by atoms with Crippen LogP contribution >= 0.6 is 0 Å². The quantitative estimate of drug-likeness (QED) is 0.548. The first-order valence-corrected chi connectivity index (χ1v) is 3.75. The van der Waals surface area contributed by atoms with Crippen molar-refractivity contribution in [2.75, 3.05) is 6.54 Å². The van der Waals surface area contributed by atoms with Crippen LogP contribution < -0.4 is 10.6 Å². The number of hydrogen-bond acceptors (Lipinski definition) is 1. The van der Waals surface area contributed by atoms with Crippen molar-refractivity contribution in [3.8, 4) is 0 Å². The third-order valence-corrected chi connectivity index (χ3v) is 0.753. The van der Waals surface area contributed by atoms with Crippen molar-refractivity contribution >= 4 is 6.03 Å². The normalized spacial score (nSPS) is 15.3. The Bertz CT molecular complexity index is 135. The van der Waals surface area contributed by atoms with Crippen LogP contribution in [-0.2, 0) is 0 Å². The summed E-state index contributed by atoms with van der Waals surface area (Å²) in [5, 5.41) is 4.99. The molecule has 0 aromatic heterocycles. The van der Waals surface area contributed by atoms with Gasteiger partial charge in [-0.15, -0.1) is 0 Å². The number of amides is 2. The molecule has 0 bridgehead atoms. The van der Waals surface area contributed by atoms with E-state index in [1.165, 1.54) is 0 Å². The minimum absolute atomic E-state index is 0.148. The van der Waals surface area contributed by atoms with Crippen LogP contribution in [0.4, 0.5) is 4.79 Å². The van der Waals surface area contributed by atoms with Gasteiger partial charge >= 0.3 is 6.03 Å². The molecule has 0 atom stereocenters. The van der Waals surface area contributed by atoms with Crippen molar-refractivity contribution < 1.29 is 4.79 Å². The van der Waals surface area contributed by atoms with Crippen LogP contribution in [-0.4, -0.2) is 12.6 Å². The molecule has 2 amide bonds. The maximum Gasteiger partial charge on any atom is 0.319 e. The highest BCUT2D eigenvalue weighted by Gasteiger charge is 2.08. The number of nitrogens with one attached hydrogen (secondary N) is 2. The summed E-state index contributed by atoms with van der Waals surface area (Å²) in [6, 6.07) is -0.148. The average molecular weight is 156 g/mol. The topological polar surface area (TPSA) is 41.1 Å². The molecule has 0 aromatic rings. The number of carbonyl (C=O) groups excluding carboxylic acids is 1. The molecule has 3 heteroatoms. The Hall–Kier alpha value is -0.990. The van der Waals surface area contributed by atoms with Gasteiger partial charge in [0, 0.05) is 5.70 Å². The fraction of sp³-hybridized carbons (Fsp3) is 0.625. The summed E-state index contributed by atoms with van der Waals surface area (Å²) >= 11 is 0. The summed E-state index contributed by atoms with van der Waals surface area (Å²) in [5.41, 5.74) is 0.741. The first kappa shape index (κ1) is 10.0. The van der Waals surface area contributed by atoms with Crippen LogP contribution in [0.15, 0.2) is 12.3 Å². The van der Waals surface area contributed by atoms with E-state index in [0.29, 0.717) is 6.54 Å². The fourth-order valence-electron chi connectivity index (χ4n) is 0.436. The minimum Gasteiger partial charge on any atom is -0.332 e. The van der Waals surface area contributed by atoms with Crippen LogP contribution in [0.2, 0.25) is 0 Å². The average Bonchev–Trinajstić information content (AvgIpc) is 2.13. The fourth-order valence-corrected chi connectivity index (χ4v) is 0.436. The van der Waals surface area contributed by atoms with Gasteiger partial charge in [0.2, 0.25) is 0 Å². The zero-order valence-electron chi connectivity index (χ0n) is 7.40. The zero-order valence-corrected chi connectivity index (χ0v) is 7.40. The predicted molar refractivity (Wildman–Crippen MR) is 46.2 cm³/mol. The standard InChI is InChI=1S/C4H6N2O.C4H10/c1-3-2-5-4(7)6-3;1-4(2)3/h1-2H2,(H2,5,6,7);4H,1-3H3. The van der Waals surface area contributed by atoms with Gasteiger partial charge in [0.25, 0.3) is 0 Å².